The molecular formula is C15H9F4N. The molecule has 2 aromatic carbocycles. The van der Waals surface area contributed by atoms with Crippen molar-refractivity contribution in [1.82, 2.24) is 0 Å². The van der Waals surface area contributed by atoms with Crippen LogP contribution < -0.4 is 0 Å². The van der Waals surface area contributed by atoms with Gasteiger partial charge in [0.1, 0.15) is 5.82 Å². The Kier molecular flexibility index (Phi) is 3.49. The smallest absolute Gasteiger partial charge is 0.238 e. The SMILES string of the molecule is [C-]#[N+]c1ccc(-c2ccc(C)c(F)c2)cc1C(F)(F)F. The van der Waals surface area contributed by atoms with Crippen molar-refractivity contribution < 1.29 is 17.6 Å². The monoisotopic (exact) mass is 279 g/mol. The Morgan fingerprint density at radius 3 is 2.15 bits per heavy atom. The molecular weight excluding hydrogens is 270 g/mol. The molecule has 0 aliphatic rings. The average molecular weight is 279 g/mol. The first-order valence-corrected chi connectivity index (χ1v) is 5.68. The molecule has 0 spiro atoms. The van der Waals surface area contributed by atoms with E-state index in [1.54, 1.807) is 13.0 Å². The Hall–Kier alpha value is -2.35. The second-order valence-electron chi connectivity index (χ2n) is 4.31. The molecule has 0 saturated heterocycles. The lowest BCUT2D eigenvalue weighted by atomic mass is 10.0. The molecule has 0 unspecified atom stereocenters. The van der Waals surface area contributed by atoms with Crippen molar-refractivity contribution in [3.05, 3.63) is 64.8 Å². The van der Waals surface area contributed by atoms with E-state index in [0.717, 1.165) is 12.1 Å². The zero-order chi connectivity index (χ0) is 14.9. The summed E-state index contributed by atoms with van der Waals surface area (Å²) in [6, 6.07) is 7.58. The van der Waals surface area contributed by atoms with Crippen molar-refractivity contribution in [3.8, 4) is 11.1 Å². The maximum atomic E-state index is 13.5. The van der Waals surface area contributed by atoms with Crippen LogP contribution in [0.15, 0.2) is 36.4 Å². The van der Waals surface area contributed by atoms with Gasteiger partial charge in [0.15, 0.2) is 5.69 Å². The third kappa shape index (κ3) is 2.64. The fraction of sp³-hybridized carbons (Fsp3) is 0.133. The highest BCUT2D eigenvalue weighted by Crippen LogP contribution is 2.39. The number of benzene rings is 2. The normalized spacial score (nSPS) is 11.2. The van der Waals surface area contributed by atoms with Crippen molar-refractivity contribution in [1.29, 1.82) is 0 Å². The van der Waals surface area contributed by atoms with Gasteiger partial charge in [-0.25, -0.2) is 9.24 Å². The Morgan fingerprint density at radius 2 is 1.60 bits per heavy atom. The summed E-state index contributed by atoms with van der Waals surface area (Å²) >= 11 is 0. The number of rotatable bonds is 1. The summed E-state index contributed by atoms with van der Waals surface area (Å²) < 4.78 is 52.0. The third-order valence-electron chi connectivity index (χ3n) is 2.93. The first-order chi connectivity index (χ1) is 9.32. The lowest BCUT2D eigenvalue weighted by Crippen LogP contribution is -2.05. The van der Waals surface area contributed by atoms with Crippen LogP contribution in [0.1, 0.15) is 11.1 Å². The Balaban J connectivity index is 2.59. The highest BCUT2D eigenvalue weighted by molar-refractivity contribution is 5.69. The molecule has 0 fully saturated rings. The number of alkyl halides is 3. The predicted molar refractivity (Wildman–Crippen MR) is 67.8 cm³/mol. The van der Waals surface area contributed by atoms with Crippen LogP contribution in [0.2, 0.25) is 0 Å². The van der Waals surface area contributed by atoms with Gasteiger partial charge in [0.25, 0.3) is 0 Å². The van der Waals surface area contributed by atoms with Crippen LogP contribution in [0, 0.1) is 19.3 Å². The van der Waals surface area contributed by atoms with Crippen molar-refractivity contribution in [2.75, 3.05) is 0 Å². The Labute approximate surface area is 113 Å². The maximum absolute atomic E-state index is 13.5. The van der Waals surface area contributed by atoms with Gasteiger partial charge in [0, 0.05) is 0 Å². The summed E-state index contributed by atoms with van der Waals surface area (Å²) in [4.78, 5) is 2.86. The zero-order valence-corrected chi connectivity index (χ0v) is 10.4. The summed E-state index contributed by atoms with van der Waals surface area (Å²) in [5.74, 6) is -0.481. The molecule has 102 valence electrons. The highest BCUT2D eigenvalue weighted by atomic mass is 19.4. The second-order valence-corrected chi connectivity index (χ2v) is 4.31. The van der Waals surface area contributed by atoms with Gasteiger partial charge < -0.3 is 0 Å². The van der Waals surface area contributed by atoms with E-state index >= 15 is 0 Å². The number of hydrogen-bond donors (Lipinski definition) is 0. The van der Waals surface area contributed by atoms with Crippen LogP contribution in [-0.4, -0.2) is 0 Å². The molecule has 0 N–H and O–H groups in total. The minimum Gasteiger partial charge on any atom is -0.238 e. The topological polar surface area (TPSA) is 4.36 Å². The molecule has 0 aliphatic heterocycles. The van der Waals surface area contributed by atoms with Gasteiger partial charge in [-0.15, -0.1) is 0 Å². The van der Waals surface area contributed by atoms with Gasteiger partial charge in [0.05, 0.1) is 12.1 Å². The Bertz CT molecular complexity index is 696. The van der Waals surface area contributed by atoms with Crippen LogP contribution in [0.25, 0.3) is 16.0 Å². The summed E-state index contributed by atoms with van der Waals surface area (Å²) in [5, 5.41) is 0. The van der Waals surface area contributed by atoms with E-state index in [1.807, 2.05) is 0 Å². The summed E-state index contributed by atoms with van der Waals surface area (Å²) in [6.45, 7) is 8.34. The van der Waals surface area contributed by atoms with Gasteiger partial charge in [-0.05, 0) is 29.7 Å². The molecule has 0 heterocycles. The van der Waals surface area contributed by atoms with E-state index in [0.29, 0.717) is 11.1 Å². The molecule has 20 heavy (non-hydrogen) atoms. The second kappa shape index (κ2) is 4.97. The van der Waals surface area contributed by atoms with Crippen LogP contribution in [0.3, 0.4) is 0 Å². The summed E-state index contributed by atoms with van der Waals surface area (Å²) in [5.41, 5.74) is -0.485. The van der Waals surface area contributed by atoms with Crippen LogP contribution >= 0.6 is 0 Å². The van der Waals surface area contributed by atoms with Gasteiger partial charge in [-0.3, -0.25) is 0 Å². The van der Waals surface area contributed by atoms with Gasteiger partial charge in [-0.1, -0.05) is 30.3 Å². The average Bonchev–Trinajstić information content (AvgIpc) is 2.40. The lowest BCUT2D eigenvalue weighted by molar-refractivity contribution is -0.136. The molecule has 1 nitrogen and oxygen atoms in total. The molecule has 0 amide bonds. The number of aryl methyl sites for hydroxylation is 1. The summed E-state index contributed by atoms with van der Waals surface area (Å²) in [7, 11) is 0. The van der Waals surface area contributed by atoms with E-state index in [4.69, 9.17) is 6.57 Å². The van der Waals surface area contributed by atoms with Crippen molar-refractivity contribution in [2.45, 2.75) is 13.1 Å². The van der Waals surface area contributed by atoms with E-state index in [2.05, 4.69) is 4.85 Å². The molecule has 0 saturated carbocycles. The molecule has 0 bridgehead atoms. The molecule has 2 aromatic rings. The Morgan fingerprint density at radius 1 is 1.00 bits per heavy atom. The summed E-state index contributed by atoms with van der Waals surface area (Å²) in [6.07, 6.45) is -4.61. The standard InChI is InChI=1S/C15H9F4N/c1-9-3-4-11(8-13(9)16)10-5-6-14(20-2)12(7-10)15(17,18)19/h3-8H,1H3. The number of hydrogen-bond acceptors (Lipinski definition) is 0. The van der Waals surface area contributed by atoms with Crippen LogP contribution in [0.4, 0.5) is 23.2 Å². The van der Waals surface area contributed by atoms with Crippen LogP contribution in [0.5, 0.6) is 0 Å². The van der Waals surface area contributed by atoms with E-state index < -0.39 is 23.2 Å². The highest BCUT2D eigenvalue weighted by Gasteiger charge is 2.33. The van der Waals surface area contributed by atoms with Crippen molar-refractivity contribution in [2.24, 2.45) is 0 Å². The first-order valence-electron chi connectivity index (χ1n) is 5.68. The van der Waals surface area contributed by atoms with Gasteiger partial charge >= 0.3 is 6.18 Å². The zero-order valence-electron chi connectivity index (χ0n) is 10.4. The van der Waals surface area contributed by atoms with Crippen LogP contribution in [-0.2, 0) is 6.18 Å². The molecule has 0 atom stereocenters. The molecule has 0 aromatic heterocycles. The fourth-order valence-electron chi connectivity index (χ4n) is 1.81. The molecule has 0 radical (unpaired) electrons. The van der Waals surface area contributed by atoms with E-state index in [9.17, 15) is 17.6 Å². The lowest BCUT2D eigenvalue weighted by Gasteiger charge is -2.11. The predicted octanol–water partition coefficient (Wildman–Crippen LogP) is 5.37. The van der Waals surface area contributed by atoms with Gasteiger partial charge in [-0.2, -0.15) is 13.2 Å². The number of nitrogens with zero attached hydrogens (tertiary/aromatic N) is 1. The molecule has 0 aliphatic carbocycles. The third-order valence-corrected chi connectivity index (χ3v) is 2.93. The molecule has 5 heteroatoms. The minimum atomic E-state index is -4.61. The number of halogens is 4. The van der Waals surface area contributed by atoms with Crippen molar-refractivity contribution >= 4 is 5.69 Å². The minimum absolute atomic E-state index is 0.226. The maximum Gasteiger partial charge on any atom is 0.407 e. The quantitative estimate of drug-likeness (QED) is 0.488. The van der Waals surface area contributed by atoms with E-state index in [1.165, 1.54) is 18.2 Å². The van der Waals surface area contributed by atoms with Crippen molar-refractivity contribution in [3.63, 3.8) is 0 Å². The van der Waals surface area contributed by atoms with Gasteiger partial charge in [0.2, 0.25) is 0 Å². The molecule has 2 rings (SSSR count). The first kappa shape index (κ1) is 14.1. The fourth-order valence-corrected chi connectivity index (χ4v) is 1.81. The largest absolute Gasteiger partial charge is 0.407 e. The van der Waals surface area contributed by atoms with E-state index in [-0.39, 0.29) is 5.56 Å².